The molecule has 1 aromatic carbocycles. The molecular weight excluding hydrogens is 478 g/mol. The minimum absolute atomic E-state index is 0.0903. The van der Waals surface area contributed by atoms with Crippen LogP contribution in [-0.2, 0) is 30.4 Å². The van der Waals surface area contributed by atoms with Gasteiger partial charge in [0.15, 0.2) is 0 Å². The van der Waals surface area contributed by atoms with E-state index in [0.29, 0.717) is 32.5 Å². The van der Waals surface area contributed by atoms with Crippen molar-refractivity contribution in [2.24, 2.45) is 17.8 Å². The number of benzene rings is 1. The summed E-state index contributed by atoms with van der Waals surface area (Å²) in [5.41, 5.74) is 0.281. The van der Waals surface area contributed by atoms with E-state index < -0.39 is 17.7 Å². The predicted molar refractivity (Wildman–Crippen MR) is 133 cm³/mol. The summed E-state index contributed by atoms with van der Waals surface area (Å²) >= 11 is 0. The van der Waals surface area contributed by atoms with E-state index >= 15 is 0 Å². The Balaban J connectivity index is 1.37. The Kier molecular flexibility index (Phi) is 7.94. The molecule has 3 amide bonds. The molecule has 0 aromatic heterocycles. The molecule has 0 bridgehead atoms. The van der Waals surface area contributed by atoms with Crippen LogP contribution in [0.5, 0.6) is 0 Å². The van der Waals surface area contributed by atoms with Crippen molar-refractivity contribution >= 4 is 24.1 Å². The van der Waals surface area contributed by atoms with Crippen LogP contribution in [-0.4, -0.2) is 77.8 Å². The fraction of sp³-hybridized carbons (Fsp3) is 0.630. The first-order chi connectivity index (χ1) is 17.5. The highest BCUT2D eigenvalue weighted by Crippen LogP contribution is 2.46. The zero-order valence-electron chi connectivity index (χ0n) is 22.0. The molecule has 1 aliphatic carbocycles. The second-order valence-electron chi connectivity index (χ2n) is 11.2. The third-order valence-corrected chi connectivity index (χ3v) is 7.36. The zero-order valence-corrected chi connectivity index (χ0v) is 22.0. The summed E-state index contributed by atoms with van der Waals surface area (Å²) in [5.74, 6) is -0.369. The molecule has 3 aliphatic rings. The number of nitrogens with one attached hydrogen (secondary N) is 1. The quantitative estimate of drug-likeness (QED) is 0.458. The molecule has 0 radical (unpaired) electrons. The van der Waals surface area contributed by atoms with Crippen LogP contribution in [0.1, 0.15) is 46.1 Å². The third kappa shape index (κ3) is 6.53. The average Bonchev–Trinajstić information content (AvgIpc) is 3.49. The Morgan fingerprint density at radius 2 is 1.81 bits per heavy atom. The number of rotatable bonds is 6. The molecule has 10 heteroatoms. The summed E-state index contributed by atoms with van der Waals surface area (Å²) in [6.07, 6.45) is 0.208. The number of esters is 1. The summed E-state index contributed by atoms with van der Waals surface area (Å²) < 4.78 is 16.2. The summed E-state index contributed by atoms with van der Waals surface area (Å²) in [6, 6.07) is 8.55. The molecule has 1 aromatic rings. The summed E-state index contributed by atoms with van der Waals surface area (Å²) in [7, 11) is 0. The number of carbonyl (C=O) groups is 4. The maximum absolute atomic E-state index is 13.3. The Morgan fingerprint density at radius 3 is 2.49 bits per heavy atom. The van der Waals surface area contributed by atoms with Crippen molar-refractivity contribution in [2.45, 2.75) is 64.8 Å². The van der Waals surface area contributed by atoms with Crippen molar-refractivity contribution in [2.75, 3.05) is 26.2 Å². The van der Waals surface area contributed by atoms with E-state index in [9.17, 15) is 19.2 Å². The Bertz CT molecular complexity index is 1010. The van der Waals surface area contributed by atoms with Crippen molar-refractivity contribution in [3.05, 3.63) is 35.9 Å². The number of hydrogen-bond donors (Lipinski definition) is 1. The standard InChI is InChI=1S/C27H37N3O7/c1-17(31)35-16-21-20-14-29(26(34)37-27(2,3)4)13-19(20)12-23(21)30-11-10-22(24(30)32)28-25(33)36-15-18-8-6-5-7-9-18/h5-9,19-23H,10-16H2,1-4H3,(H,28,33). The highest BCUT2D eigenvalue weighted by atomic mass is 16.6. The van der Waals surface area contributed by atoms with Gasteiger partial charge in [0.1, 0.15) is 18.2 Å². The molecular formula is C27H37N3O7. The van der Waals surface area contributed by atoms with Crippen molar-refractivity contribution in [1.82, 2.24) is 15.1 Å². The van der Waals surface area contributed by atoms with Crippen LogP contribution in [0.4, 0.5) is 9.59 Å². The molecule has 10 nitrogen and oxygen atoms in total. The van der Waals surface area contributed by atoms with E-state index in [2.05, 4.69) is 5.32 Å². The number of nitrogens with zero attached hydrogens (tertiary/aromatic N) is 2. The van der Waals surface area contributed by atoms with Gasteiger partial charge in [0.2, 0.25) is 5.91 Å². The van der Waals surface area contributed by atoms with Gasteiger partial charge >= 0.3 is 18.2 Å². The number of hydrogen-bond acceptors (Lipinski definition) is 7. The number of fused-ring (bicyclic) bond motifs is 1. The highest BCUT2D eigenvalue weighted by Gasteiger charge is 2.53. The fourth-order valence-electron chi connectivity index (χ4n) is 5.76. The lowest BCUT2D eigenvalue weighted by atomic mass is 9.91. The maximum atomic E-state index is 13.3. The van der Waals surface area contributed by atoms with Crippen LogP contribution < -0.4 is 5.32 Å². The van der Waals surface area contributed by atoms with Crippen LogP contribution in [0.2, 0.25) is 0 Å². The molecule has 3 fully saturated rings. The molecule has 5 unspecified atom stereocenters. The van der Waals surface area contributed by atoms with Crippen LogP contribution in [0.15, 0.2) is 30.3 Å². The van der Waals surface area contributed by atoms with Crippen molar-refractivity contribution in [1.29, 1.82) is 0 Å². The molecule has 1 N–H and O–H groups in total. The van der Waals surface area contributed by atoms with Crippen molar-refractivity contribution in [3.63, 3.8) is 0 Å². The fourth-order valence-corrected chi connectivity index (χ4v) is 5.76. The minimum Gasteiger partial charge on any atom is -0.465 e. The van der Waals surface area contributed by atoms with E-state index in [4.69, 9.17) is 14.2 Å². The van der Waals surface area contributed by atoms with E-state index in [1.165, 1.54) is 6.92 Å². The molecule has 202 valence electrons. The molecule has 1 saturated carbocycles. The van der Waals surface area contributed by atoms with Gasteiger partial charge in [-0.2, -0.15) is 0 Å². The number of carbonyl (C=O) groups excluding carboxylic acids is 4. The van der Waals surface area contributed by atoms with Gasteiger partial charge in [-0.25, -0.2) is 9.59 Å². The molecule has 2 heterocycles. The molecule has 4 rings (SSSR count). The Hall–Kier alpha value is -3.30. The van der Waals surface area contributed by atoms with Gasteiger partial charge in [-0.05, 0) is 51.0 Å². The maximum Gasteiger partial charge on any atom is 0.410 e. The Labute approximate surface area is 217 Å². The second kappa shape index (κ2) is 11.0. The van der Waals surface area contributed by atoms with E-state index in [1.807, 2.05) is 56.0 Å². The largest absolute Gasteiger partial charge is 0.465 e. The highest BCUT2D eigenvalue weighted by molar-refractivity contribution is 5.87. The van der Waals surface area contributed by atoms with Crippen molar-refractivity contribution in [3.8, 4) is 0 Å². The summed E-state index contributed by atoms with van der Waals surface area (Å²) in [4.78, 5) is 53.4. The molecule has 37 heavy (non-hydrogen) atoms. The number of amides is 3. The van der Waals surface area contributed by atoms with Gasteiger partial charge in [0.25, 0.3) is 0 Å². The summed E-state index contributed by atoms with van der Waals surface area (Å²) in [5, 5.41) is 2.70. The molecule has 5 atom stereocenters. The van der Waals surface area contributed by atoms with Gasteiger partial charge in [-0.3, -0.25) is 9.59 Å². The van der Waals surface area contributed by atoms with E-state index in [0.717, 1.165) is 5.56 Å². The first-order valence-electron chi connectivity index (χ1n) is 12.9. The molecule has 2 saturated heterocycles. The van der Waals surface area contributed by atoms with Crippen LogP contribution in [0.25, 0.3) is 0 Å². The smallest absolute Gasteiger partial charge is 0.410 e. The lowest BCUT2D eigenvalue weighted by molar-refractivity contribution is -0.143. The number of alkyl carbamates (subject to hydrolysis) is 1. The van der Waals surface area contributed by atoms with Gasteiger partial charge in [0.05, 0.1) is 6.61 Å². The molecule has 2 aliphatic heterocycles. The van der Waals surface area contributed by atoms with Gasteiger partial charge in [0, 0.05) is 38.5 Å². The van der Waals surface area contributed by atoms with Gasteiger partial charge < -0.3 is 29.3 Å². The topological polar surface area (TPSA) is 114 Å². The van der Waals surface area contributed by atoms with E-state index in [1.54, 1.807) is 4.90 Å². The average molecular weight is 516 g/mol. The van der Waals surface area contributed by atoms with Gasteiger partial charge in [-0.15, -0.1) is 0 Å². The monoisotopic (exact) mass is 515 g/mol. The number of ether oxygens (including phenoxy) is 3. The third-order valence-electron chi connectivity index (χ3n) is 7.36. The second-order valence-corrected chi connectivity index (χ2v) is 11.2. The Morgan fingerprint density at radius 1 is 1.08 bits per heavy atom. The van der Waals surface area contributed by atoms with Crippen molar-refractivity contribution < 1.29 is 33.4 Å². The van der Waals surface area contributed by atoms with Crippen LogP contribution in [0, 0.1) is 17.8 Å². The predicted octanol–water partition coefficient (Wildman–Crippen LogP) is 2.95. The first-order valence-corrected chi connectivity index (χ1v) is 12.9. The first kappa shape index (κ1) is 26.8. The van der Waals surface area contributed by atoms with Crippen LogP contribution >= 0.6 is 0 Å². The number of likely N-dealkylation sites (tertiary alicyclic amines) is 2. The lowest BCUT2D eigenvalue weighted by Crippen LogP contribution is -2.48. The lowest BCUT2D eigenvalue weighted by Gasteiger charge is -2.33. The normalized spacial score (nSPS) is 27.1. The zero-order chi connectivity index (χ0) is 26.7. The minimum atomic E-state index is -0.656. The SMILES string of the molecule is CC(=O)OCC1C2CN(C(=O)OC(C)(C)C)CC2CC1N1CCC(NC(=O)OCc2ccccc2)C1=O. The van der Waals surface area contributed by atoms with E-state index in [-0.39, 0.29) is 55.0 Å². The molecule has 0 spiro atoms. The van der Waals surface area contributed by atoms with Crippen LogP contribution in [0.3, 0.4) is 0 Å². The summed E-state index contributed by atoms with van der Waals surface area (Å²) in [6.45, 7) is 8.72. The van der Waals surface area contributed by atoms with Gasteiger partial charge in [-0.1, -0.05) is 30.3 Å².